The minimum Gasteiger partial charge on any atom is -0.321 e. The van der Waals surface area contributed by atoms with E-state index in [0.29, 0.717) is 34.1 Å². The van der Waals surface area contributed by atoms with Gasteiger partial charge in [0, 0.05) is 16.1 Å². The highest BCUT2D eigenvalue weighted by Crippen LogP contribution is 2.26. The van der Waals surface area contributed by atoms with Gasteiger partial charge < -0.3 is 11.5 Å². The molecule has 3 aromatic carbocycles. The van der Waals surface area contributed by atoms with Crippen LogP contribution in [0.1, 0.15) is 39.2 Å². The molecule has 1 unspecified atom stereocenters. The third-order valence-corrected chi connectivity index (χ3v) is 5.81. The number of rotatable bonds is 8. The van der Waals surface area contributed by atoms with E-state index in [-0.39, 0.29) is 17.4 Å². The predicted molar refractivity (Wildman–Crippen MR) is 131 cm³/mol. The molecule has 0 bridgehead atoms. The first kappa shape index (κ1) is 23.5. The summed E-state index contributed by atoms with van der Waals surface area (Å²) < 4.78 is 1.62. The standard InChI is InChI=1S/C26H24ClN5O2/c1-16-30-31-26(23(29)25(34)21(28)14-17-8-4-2-5-9-17)32(16)22-13-12-19(27)15-20(22)24(33)18-10-6-3-7-11-18/h2-13,15,21,23H,14,28-29H2,1H3/t21-,23?/m0/s1. The molecular formula is C26H24ClN5O2. The topological polar surface area (TPSA) is 117 Å². The maximum Gasteiger partial charge on any atom is 0.195 e. The number of aromatic nitrogens is 3. The van der Waals surface area contributed by atoms with E-state index in [4.69, 9.17) is 23.1 Å². The van der Waals surface area contributed by atoms with Crippen LogP contribution in [0.4, 0.5) is 0 Å². The first-order valence-corrected chi connectivity index (χ1v) is 11.1. The molecule has 0 amide bonds. The van der Waals surface area contributed by atoms with Gasteiger partial charge in [-0.2, -0.15) is 0 Å². The van der Waals surface area contributed by atoms with Crippen molar-refractivity contribution in [2.45, 2.75) is 25.4 Å². The van der Waals surface area contributed by atoms with Gasteiger partial charge >= 0.3 is 0 Å². The van der Waals surface area contributed by atoms with E-state index in [1.807, 2.05) is 36.4 Å². The summed E-state index contributed by atoms with van der Waals surface area (Å²) >= 11 is 6.23. The van der Waals surface area contributed by atoms with Crippen LogP contribution < -0.4 is 11.5 Å². The molecule has 8 heteroatoms. The number of hydrogen-bond donors (Lipinski definition) is 2. The van der Waals surface area contributed by atoms with E-state index in [1.165, 1.54) is 0 Å². The molecule has 2 atom stereocenters. The van der Waals surface area contributed by atoms with Crippen molar-refractivity contribution >= 4 is 23.2 Å². The minimum atomic E-state index is -1.13. The third kappa shape index (κ3) is 4.82. The molecule has 0 spiro atoms. The number of carbonyl (C=O) groups excluding carboxylic acids is 2. The summed E-state index contributed by atoms with van der Waals surface area (Å²) in [6.45, 7) is 1.73. The molecule has 0 aliphatic carbocycles. The number of halogens is 1. The van der Waals surface area contributed by atoms with E-state index in [1.54, 1.807) is 54.0 Å². The van der Waals surface area contributed by atoms with Gasteiger partial charge in [-0.25, -0.2) is 0 Å². The van der Waals surface area contributed by atoms with Crippen LogP contribution >= 0.6 is 11.6 Å². The molecule has 0 fully saturated rings. The first-order valence-electron chi connectivity index (χ1n) is 10.8. The molecule has 0 aliphatic heterocycles. The summed E-state index contributed by atoms with van der Waals surface area (Å²) in [7, 11) is 0. The highest BCUT2D eigenvalue weighted by atomic mass is 35.5. The lowest BCUT2D eigenvalue weighted by atomic mass is 9.98. The number of benzene rings is 3. The van der Waals surface area contributed by atoms with Crippen LogP contribution in [0.5, 0.6) is 0 Å². The molecule has 4 aromatic rings. The van der Waals surface area contributed by atoms with Gasteiger partial charge in [-0.05, 0) is 37.1 Å². The summed E-state index contributed by atoms with van der Waals surface area (Å²) in [6, 6.07) is 21.3. The maximum absolute atomic E-state index is 13.3. The number of Topliss-reactive ketones (excluding diaryl/α,β-unsaturated/α-hetero) is 1. The summed E-state index contributed by atoms with van der Waals surface area (Å²) in [6.07, 6.45) is 0.346. The van der Waals surface area contributed by atoms with Crippen LogP contribution in [0.3, 0.4) is 0 Å². The van der Waals surface area contributed by atoms with Crippen LogP contribution in [-0.2, 0) is 11.2 Å². The Hall–Kier alpha value is -3.65. The van der Waals surface area contributed by atoms with Gasteiger partial charge in [-0.3, -0.25) is 14.2 Å². The Balaban J connectivity index is 1.71. The average Bonchev–Trinajstić information content (AvgIpc) is 3.24. The molecule has 1 heterocycles. The van der Waals surface area contributed by atoms with Crippen molar-refractivity contribution in [3.8, 4) is 5.69 Å². The van der Waals surface area contributed by atoms with Crippen molar-refractivity contribution in [3.63, 3.8) is 0 Å². The summed E-state index contributed by atoms with van der Waals surface area (Å²) in [5.74, 6) is 0.0787. The number of hydrogen-bond acceptors (Lipinski definition) is 6. The molecule has 0 saturated carbocycles. The second kappa shape index (κ2) is 10.1. The summed E-state index contributed by atoms with van der Waals surface area (Å²) in [5, 5.41) is 8.70. The number of ketones is 2. The van der Waals surface area contributed by atoms with Gasteiger partial charge in [-0.15, -0.1) is 10.2 Å². The van der Waals surface area contributed by atoms with Crippen molar-refractivity contribution in [1.29, 1.82) is 0 Å². The van der Waals surface area contributed by atoms with Gasteiger partial charge in [0.15, 0.2) is 17.4 Å². The fourth-order valence-electron chi connectivity index (χ4n) is 3.83. The van der Waals surface area contributed by atoms with Crippen molar-refractivity contribution in [3.05, 3.63) is 112 Å². The average molecular weight is 474 g/mol. The zero-order valence-electron chi connectivity index (χ0n) is 18.6. The summed E-state index contributed by atoms with van der Waals surface area (Å²) in [5.41, 5.74) is 14.8. The first-order chi connectivity index (χ1) is 16.4. The second-order valence-corrected chi connectivity index (χ2v) is 8.41. The van der Waals surface area contributed by atoms with Gasteiger partial charge in [0.05, 0.1) is 11.7 Å². The second-order valence-electron chi connectivity index (χ2n) is 7.97. The van der Waals surface area contributed by atoms with Gasteiger partial charge in [0.2, 0.25) is 0 Å². The van der Waals surface area contributed by atoms with Gasteiger partial charge in [-0.1, -0.05) is 72.3 Å². The van der Waals surface area contributed by atoms with Crippen LogP contribution in [0, 0.1) is 6.92 Å². The normalized spacial score (nSPS) is 12.8. The third-order valence-electron chi connectivity index (χ3n) is 5.58. The quantitative estimate of drug-likeness (QED) is 0.377. The highest BCUT2D eigenvalue weighted by molar-refractivity contribution is 6.31. The van der Waals surface area contributed by atoms with Crippen molar-refractivity contribution in [1.82, 2.24) is 14.8 Å². The molecule has 4 rings (SSSR count). The lowest BCUT2D eigenvalue weighted by Gasteiger charge is -2.19. The van der Waals surface area contributed by atoms with E-state index in [9.17, 15) is 9.59 Å². The molecule has 0 radical (unpaired) electrons. The van der Waals surface area contributed by atoms with Crippen molar-refractivity contribution < 1.29 is 9.59 Å². The predicted octanol–water partition coefficient (Wildman–Crippen LogP) is 3.60. The largest absolute Gasteiger partial charge is 0.321 e. The Labute approximate surface area is 202 Å². The number of nitrogens with two attached hydrogens (primary N) is 2. The molecule has 0 saturated heterocycles. The Kier molecular flexibility index (Phi) is 6.98. The highest BCUT2D eigenvalue weighted by Gasteiger charge is 2.29. The zero-order valence-corrected chi connectivity index (χ0v) is 19.3. The van der Waals surface area contributed by atoms with E-state index in [0.717, 1.165) is 5.56 Å². The zero-order chi connectivity index (χ0) is 24.2. The lowest BCUT2D eigenvalue weighted by Crippen LogP contribution is -2.40. The smallest absolute Gasteiger partial charge is 0.195 e. The molecule has 0 aliphatic rings. The van der Waals surface area contributed by atoms with Gasteiger partial charge in [0.25, 0.3) is 0 Å². The molecule has 4 N–H and O–H groups in total. The van der Waals surface area contributed by atoms with Crippen LogP contribution in [0.15, 0.2) is 78.9 Å². The fraction of sp³-hybridized carbons (Fsp3) is 0.154. The van der Waals surface area contributed by atoms with Crippen LogP contribution in [0.25, 0.3) is 5.69 Å². The number of aryl methyl sites for hydroxylation is 1. The molecule has 172 valence electrons. The molecule has 1 aromatic heterocycles. The number of carbonyl (C=O) groups is 2. The Morgan fingerprint density at radius 3 is 2.26 bits per heavy atom. The molecule has 7 nitrogen and oxygen atoms in total. The van der Waals surface area contributed by atoms with Crippen LogP contribution in [-0.4, -0.2) is 32.4 Å². The summed E-state index contributed by atoms with van der Waals surface area (Å²) in [4.78, 5) is 26.4. The monoisotopic (exact) mass is 473 g/mol. The van der Waals surface area contributed by atoms with Crippen molar-refractivity contribution in [2.24, 2.45) is 11.5 Å². The van der Waals surface area contributed by atoms with Gasteiger partial charge in [0.1, 0.15) is 11.9 Å². The van der Waals surface area contributed by atoms with E-state index < -0.39 is 12.1 Å². The Morgan fingerprint density at radius 1 is 0.941 bits per heavy atom. The Bertz CT molecular complexity index is 1320. The van der Waals surface area contributed by atoms with Crippen LogP contribution in [0.2, 0.25) is 5.02 Å². The maximum atomic E-state index is 13.3. The molecular weight excluding hydrogens is 450 g/mol. The Morgan fingerprint density at radius 2 is 1.59 bits per heavy atom. The SMILES string of the molecule is Cc1nnc(C(N)C(=O)[C@@H](N)Cc2ccccc2)n1-c1ccc(Cl)cc1C(=O)c1ccccc1. The minimum absolute atomic E-state index is 0.204. The van der Waals surface area contributed by atoms with E-state index >= 15 is 0 Å². The number of nitrogens with zero attached hydrogens (tertiary/aromatic N) is 3. The molecule has 34 heavy (non-hydrogen) atoms. The van der Waals surface area contributed by atoms with E-state index in [2.05, 4.69) is 10.2 Å². The fourth-order valence-corrected chi connectivity index (χ4v) is 4.01. The van der Waals surface area contributed by atoms with Crippen molar-refractivity contribution in [2.75, 3.05) is 0 Å². The lowest BCUT2D eigenvalue weighted by molar-refractivity contribution is -0.121.